The van der Waals surface area contributed by atoms with Crippen molar-refractivity contribution in [2.24, 2.45) is 5.92 Å². The first kappa shape index (κ1) is 15.9. The molecule has 0 aliphatic heterocycles. The van der Waals surface area contributed by atoms with Crippen LogP contribution < -0.4 is 5.32 Å². The van der Waals surface area contributed by atoms with E-state index >= 15 is 0 Å². The normalized spacial score (nSPS) is 14.1. The van der Waals surface area contributed by atoms with Crippen LogP contribution in [0.25, 0.3) is 0 Å². The van der Waals surface area contributed by atoms with Gasteiger partial charge in [0.15, 0.2) is 0 Å². The summed E-state index contributed by atoms with van der Waals surface area (Å²) >= 11 is 0. The third-order valence-electron chi connectivity index (χ3n) is 3.18. The molecule has 0 saturated carbocycles. The minimum absolute atomic E-state index is 0.589. The van der Waals surface area contributed by atoms with Crippen LogP contribution in [-0.4, -0.2) is 50.3 Å². The first-order valence-corrected chi connectivity index (χ1v) is 6.45. The van der Waals surface area contributed by atoms with Crippen LogP contribution in [0.4, 0.5) is 0 Å². The number of nitrogens with one attached hydrogen (secondary N) is 1. The van der Waals surface area contributed by atoms with E-state index in [-0.39, 0.29) is 0 Å². The Balaban J connectivity index is 3.75. The van der Waals surface area contributed by atoms with Gasteiger partial charge in [0.05, 0.1) is 6.61 Å². The fourth-order valence-corrected chi connectivity index (χ4v) is 1.51. The lowest BCUT2D eigenvalue weighted by Gasteiger charge is -2.27. The summed E-state index contributed by atoms with van der Waals surface area (Å²) in [5, 5.41) is 3.56. The largest absolute Gasteiger partial charge is 0.383 e. The predicted molar refractivity (Wildman–Crippen MR) is 70.9 cm³/mol. The number of hydrogen-bond donors (Lipinski definition) is 1. The maximum absolute atomic E-state index is 5.13. The molecule has 0 bridgehead atoms. The van der Waals surface area contributed by atoms with Gasteiger partial charge in [-0.15, -0.1) is 0 Å². The molecule has 3 nitrogen and oxygen atoms in total. The molecule has 16 heavy (non-hydrogen) atoms. The van der Waals surface area contributed by atoms with Crippen molar-refractivity contribution in [3.63, 3.8) is 0 Å². The topological polar surface area (TPSA) is 24.5 Å². The van der Waals surface area contributed by atoms with Gasteiger partial charge in [-0.05, 0) is 26.7 Å². The van der Waals surface area contributed by atoms with Gasteiger partial charge in [-0.25, -0.2) is 0 Å². The van der Waals surface area contributed by atoms with Crippen molar-refractivity contribution in [3.05, 3.63) is 0 Å². The van der Waals surface area contributed by atoms with Gasteiger partial charge < -0.3 is 10.1 Å². The highest BCUT2D eigenvalue weighted by Crippen LogP contribution is 2.00. The molecular weight excluding hydrogens is 200 g/mol. The van der Waals surface area contributed by atoms with E-state index in [4.69, 9.17) is 4.74 Å². The second kappa shape index (κ2) is 8.97. The molecule has 0 fully saturated rings. The standard InChI is InChI=1S/C13H30N2O/c1-11(2)13(5)14-7-8-15(12(3)4)9-10-16-6/h11-14H,7-10H2,1-6H3. The van der Waals surface area contributed by atoms with Crippen LogP contribution in [0.1, 0.15) is 34.6 Å². The number of hydrogen-bond acceptors (Lipinski definition) is 3. The summed E-state index contributed by atoms with van der Waals surface area (Å²) in [6, 6.07) is 1.18. The first-order chi connectivity index (χ1) is 7.49. The minimum atomic E-state index is 0.589. The van der Waals surface area contributed by atoms with Crippen molar-refractivity contribution in [1.29, 1.82) is 0 Å². The van der Waals surface area contributed by atoms with E-state index in [9.17, 15) is 0 Å². The van der Waals surface area contributed by atoms with E-state index < -0.39 is 0 Å². The van der Waals surface area contributed by atoms with Gasteiger partial charge in [-0.1, -0.05) is 13.8 Å². The second-order valence-corrected chi connectivity index (χ2v) is 5.11. The Hall–Kier alpha value is -0.120. The average molecular weight is 230 g/mol. The molecule has 0 amide bonds. The van der Waals surface area contributed by atoms with Crippen molar-refractivity contribution in [2.75, 3.05) is 33.4 Å². The highest BCUT2D eigenvalue weighted by atomic mass is 16.5. The van der Waals surface area contributed by atoms with Crippen LogP contribution in [-0.2, 0) is 4.74 Å². The van der Waals surface area contributed by atoms with Crippen molar-refractivity contribution in [3.8, 4) is 0 Å². The van der Waals surface area contributed by atoms with Crippen LogP contribution in [0, 0.1) is 5.92 Å². The third kappa shape index (κ3) is 7.20. The van der Waals surface area contributed by atoms with Crippen LogP contribution in [0.15, 0.2) is 0 Å². The van der Waals surface area contributed by atoms with E-state index in [1.807, 2.05) is 0 Å². The van der Waals surface area contributed by atoms with Gasteiger partial charge in [-0.3, -0.25) is 4.90 Å². The van der Waals surface area contributed by atoms with Gasteiger partial charge in [0.1, 0.15) is 0 Å². The monoisotopic (exact) mass is 230 g/mol. The molecule has 0 spiro atoms. The Bertz CT molecular complexity index is 160. The highest BCUT2D eigenvalue weighted by Gasteiger charge is 2.10. The summed E-state index contributed by atoms with van der Waals surface area (Å²) in [6.45, 7) is 15.2. The van der Waals surface area contributed by atoms with E-state index in [0.717, 1.165) is 26.2 Å². The van der Waals surface area contributed by atoms with Crippen LogP contribution in [0.5, 0.6) is 0 Å². The molecule has 3 heteroatoms. The Morgan fingerprint density at radius 2 is 1.69 bits per heavy atom. The summed E-state index contributed by atoms with van der Waals surface area (Å²) < 4.78 is 5.13. The van der Waals surface area contributed by atoms with Crippen molar-refractivity contribution < 1.29 is 4.74 Å². The molecule has 0 aliphatic rings. The highest BCUT2D eigenvalue weighted by molar-refractivity contribution is 4.68. The molecule has 1 unspecified atom stereocenters. The molecule has 0 radical (unpaired) electrons. The summed E-state index contributed by atoms with van der Waals surface area (Å²) in [5.74, 6) is 0.700. The summed E-state index contributed by atoms with van der Waals surface area (Å²) in [7, 11) is 1.76. The van der Waals surface area contributed by atoms with Gasteiger partial charge >= 0.3 is 0 Å². The minimum Gasteiger partial charge on any atom is -0.383 e. The Kier molecular flexibility index (Phi) is 8.90. The summed E-state index contributed by atoms with van der Waals surface area (Å²) in [5.41, 5.74) is 0. The van der Waals surface area contributed by atoms with E-state index in [1.165, 1.54) is 0 Å². The van der Waals surface area contributed by atoms with Crippen molar-refractivity contribution in [2.45, 2.75) is 46.7 Å². The number of nitrogens with zero attached hydrogens (tertiary/aromatic N) is 1. The third-order valence-corrected chi connectivity index (χ3v) is 3.18. The second-order valence-electron chi connectivity index (χ2n) is 5.11. The molecule has 0 aliphatic carbocycles. The van der Waals surface area contributed by atoms with E-state index in [0.29, 0.717) is 18.0 Å². The fraction of sp³-hybridized carbons (Fsp3) is 1.00. The van der Waals surface area contributed by atoms with Gasteiger partial charge in [0, 0.05) is 38.8 Å². The van der Waals surface area contributed by atoms with Crippen LogP contribution >= 0.6 is 0 Å². The van der Waals surface area contributed by atoms with Crippen LogP contribution in [0.3, 0.4) is 0 Å². The van der Waals surface area contributed by atoms with Gasteiger partial charge in [-0.2, -0.15) is 0 Å². The van der Waals surface area contributed by atoms with E-state index in [1.54, 1.807) is 7.11 Å². The van der Waals surface area contributed by atoms with Gasteiger partial charge in [0.25, 0.3) is 0 Å². The summed E-state index contributed by atoms with van der Waals surface area (Å²) in [6.07, 6.45) is 0. The lowest BCUT2D eigenvalue weighted by Crippen LogP contribution is -2.41. The lowest BCUT2D eigenvalue weighted by molar-refractivity contribution is 0.129. The van der Waals surface area contributed by atoms with Crippen LogP contribution in [0.2, 0.25) is 0 Å². The molecular formula is C13H30N2O. The molecule has 1 N–H and O–H groups in total. The average Bonchev–Trinajstić information content (AvgIpc) is 2.21. The number of rotatable bonds is 9. The number of ether oxygens (including phenoxy) is 1. The van der Waals surface area contributed by atoms with E-state index in [2.05, 4.69) is 44.8 Å². The Morgan fingerprint density at radius 3 is 2.12 bits per heavy atom. The first-order valence-electron chi connectivity index (χ1n) is 6.45. The maximum atomic E-state index is 5.13. The Morgan fingerprint density at radius 1 is 1.06 bits per heavy atom. The van der Waals surface area contributed by atoms with Crippen molar-refractivity contribution >= 4 is 0 Å². The zero-order valence-electron chi connectivity index (χ0n) is 11.9. The van der Waals surface area contributed by atoms with Gasteiger partial charge in [0.2, 0.25) is 0 Å². The molecule has 1 atom stereocenters. The molecule has 0 aromatic heterocycles. The smallest absolute Gasteiger partial charge is 0.0589 e. The number of methoxy groups -OCH3 is 1. The SMILES string of the molecule is COCCN(CCNC(C)C(C)C)C(C)C. The molecule has 0 aromatic rings. The molecule has 0 rings (SSSR count). The zero-order valence-corrected chi connectivity index (χ0v) is 11.9. The lowest BCUT2D eigenvalue weighted by atomic mass is 10.1. The Labute approximate surface area is 102 Å². The summed E-state index contributed by atoms with van der Waals surface area (Å²) in [4.78, 5) is 2.45. The maximum Gasteiger partial charge on any atom is 0.0589 e. The fourth-order valence-electron chi connectivity index (χ4n) is 1.51. The quantitative estimate of drug-likeness (QED) is 0.655. The molecule has 0 saturated heterocycles. The molecule has 0 aromatic carbocycles. The molecule has 98 valence electrons. The predicted octanol–water partition coefficient (Wildman–Crippen LogP) is 1.98. The van der Waals surface area contributed by atoms with Crippen molar-refractivity contribution in [1.82, 2.24) is 10.2 Å². The molecule has 0 heterocycles. The zero-order chi connectivity index (χ0) is 12.6.